The highest BCUT2D eigenvalue weighted by Gasteiger charge is 2.25. The number of hydrogen-bond donors (Lipinski definition) is 2. The summed E-state index contributed by atoms with van der Waals surface area (Å²) in [6, 6.07) is 4.09. The first-order valence-corrected chi connectivity index (χ1v) is 5.80. The minimum atomic E-state index is -0.0779. The average molecular weight is 264 g/mol. The van der Waals surface area contributed by atoms with E-state index in [4.69, 9.17) is 10.8 Å². The first-order chi connectivity index (χ1) is 6.12. The largest absolute Gasteiger partial charge is 0.396 e. The highest BCUT2D eigenvalue weighted by molar-refractivity contribution is 9.11. The van der Waals surface area contributed by atoms with Gasteiger partial charge in [0, 0.05) is 23.4 Å². The van der Waals surface area contributed by atoms with Crippen molar-refractivity contribution < 1.29 is 5.11 Å². The summed E-state index contributed by atoms with van der Waals surface area (Å²) in [7, 11) is 0. The Morgan fingerprint density at radius 2 is 2.31 bits per heavy atom. The van der Waals surface area contributed by atoms with Gasteiger partial charge in [0.05, 0.1) is 3.79 Å². The standard InChI is InChI=1S/C9H14BrNOS/c1-9(6-11,4-5-12)7-2-3-8(10)13-7/h2-3,12H,4-6,11H2,1H3. The van der Waals surface area contributed by atoms with Crippen molar-refractivity contribution in [1.82, 2.24) is 0 Å². The third kappa shape index (κ3) is 2.53. The second-order valence-electron chi connectivity index (χ2n) is 3.34. The molecule has 0 aliphatic heterocycles. The summed E-state index contributed by atoms with van der Waals surface area (Å²) in [5, 5.41) is 8.94. The van der Waals surface area contributed by atoms with Gasteiger partial charge in [-0.15, -0.1) is 11.3 Å². The highest BCUT2D eigenvalue weighted by Crippen LogP contribution is 2.34. The quantitative estimate of drug-likeness (QED) is 0.874. The summed E-state index contributed by atoms with van der Waals surface area (Å²) in [6.45, 7) is 2.84. The van der Waals surface area contributed by atoms with E-state index >= 15 is 0 Å². The molecule has 13 heavy (non-hydrogen) atoms. The maximum atomic E-state index is 8.94. The van der Waals surface area contributed by atoms with E-state index < -0.39 is 0 Å². The summed E-state index contributed by atoms with van der Waals surface area (Å²) in [6.07, 6.45) is 0.719. The van der Waals surface area contributed by atoms with Crippen LogP contribution in [-0.4, -0.2) is 18.3 Å². The number of aliphatic hydroxyl groups excluding tert-OH is 1. The van der Waals surface area contributed by atoms with Gasteiger partial charge in [-0.2, -0.15) is 0 Å². The van der Waals surface area contributed by atoms with E-state index in [1.807, 2.05) is 6.07 Å². The SMILES string of the molecule is CC(CN)(CCO)c1ccc(Br)s1. The molecule has 1 rings (SSSR count). The summed E-state index contributed by atoms with van der Waals surface area (Å²) >= 11 is 5.10. The molecule has 1 aromatic heterocycles. The highest BCUT2D eigenvalue weighted by atomic mass is 79.9. The fourth-order valence-electron chi connectivity index (χ4n) is 1.21. The third-order valence-electron chi connectivity index (χ3n) is 2.28. The minimum absolute atomic E-state index is 0.0779. The Morgan fingerprint density at radius 1 is 1.62 bits per heavy atom. The molecule has 0 aliphatic carbocycles. The van der Waals surface area contributed by atoms with Crippen molar-refractivity contribution in [2.45, 2.75) is 18.8 Å². The molecule has 2 nitrogen and oxygen atoms in total. The van der Waals surface area contributed by atoms with Gasteiger partial charge >= 0.3 is 0 Å². The second kappa shape index (κ2) is 4.55. The van der Waals surface area contributed by atoms with Crippen LogP contribution in [0.25, 0.3) is 0 Å². The normalized spacial score (nSPS) is 15.7. The molecule has 0 amide bonds. The first kappa shape index (κ1) is 11.2. The van der Waals surface area contributed by atoms with Gasteiger partial charge in [-0.05, 0) is 34.5 Å². The van der Waals surface area contributed by atoms with Crippen molar-refractivity contribution in [3.8, 4) is 0 Å². The fraction of sp³-hybridized carbons (Fsp3) is 0.556. The van der Waals surface area contributed by atoms with Crippen molar-refractivity contribution in [3.63, 3.8) is 0 Å². The van der Waals surface area contributed by atoms with Crippen LogP contribution in [0.2, 0.25) is 0 Å². The van der Waals surface area contributed by atoms with E-state index in [-0.39, 0.29) is 12.0 Å². The second-order valence-corrected chi connectivity index (χ2v) is 5.81. The van der Waals surface area contributed by atoms with Gasteiger partial charge in [-0.1, -0.05) is 6.92 Å². The first-order valence-electron chi connectivity index (χ1n) is 4.19. The Balaban J connectivity index is 2.88. The van der Waals surface area contributed by atoms with Crippen LogP contribution < -0.4 is 5.73 Å². The molecule has 4 heteroatoms. The Bertz CT molecular complexity index is 276. The molecule has 74 valence electrons. The minimum Gasteiger partial charge on any atom is -0.396 e. The molecule has 1 unspecified atom stereocenters. The molecular weight excluding hydrogens is 250 g/mol. The van der Waals surface area contributed by atoms with Crippen LogP contribution in [0.3, 0.4) is 0 Å². The summed E-state index contributed by atoms with van der Waals surface area (Å²) in [4.78, 5) is 1.23. The monoisotopic (exact) mass is 263 g/mol. The van der Waals surface area contributed by atoms with Crippen LogP contribution in [0, 0.1) is 0 Å². The predicted molar refractivity (Wildman–Crippen MR) is 60.1 cm³/mol. The van der Waals surface area contributed by atoms with Gasteiger partial charge in [0.2, 0.25) is 0 Å². The number of aliphatic hydroxyl groups is 1. The molecule has 0 saturated heterocycles. The molecule has 0 aromatic carbocycles. The molecule has 3 N–H and O–H groups in total. The van der Waals surface area contributed by atoms with E-state index in [1.165, 1.54) is 4.88 Å². The molecule has 1 atom stereocenters. The summed E-state index contributed by atoms with van der Waals surface area (Å²) < 4.78 is 1.11. The molecule has 1 aromatic rings. The Kier molecular flexibility index (Phi) is 3.91. The van der Waals surface area contributed by atoms with Gasteiger partial charge in [0.1, 0.15) is 0 Å². The van der Waals surface area contributed by atoms with Gasteiger partial charge in [0.25, 0.3) is 0 Å². The van der Waals surface area contributed by atoms with Crippen molar-refractivity contribution in [1.29, 1.82) is 0 Å². The van der Waals surface area contributed by atoms with Crippen LogP contribution in [-0.2, 0) is 5.41 Å². The van der Waals surface area contributed by atoms with Crippen LogP contribution >= 0.6 is 27.3 Å². The van der Waals surface area contributed by atoms with E-state index in [9.17, 15) is 0 Å². The van der Waals surface area contributed by atoms with Crippen molar-refractivity contribution in [2.75, 3.05) is 13.2 Å². The van der Waals surface area contributed by atoms with Crippen LogP contribution in [0.4, 0.5) is 0 Å². The molecule has 0 saturated carbocycles. The number of hydrogen-bond acceptors (Lipinski definition) is 3. The molecular formula is C9H14BrNOS. The molecule has 0 radical (unpaired) electrons. The zero-order valence-electron chi connectivity index (χ0n) is 7.59. The molecule has 1 heterocycles. The van der Waals surface area contributed by atoms with Crippen molar-refractivity contribution in [3.05, 3.63) is 20.8 Å². The van der Waals surface area contributed by atoms with E-state index in [0.717, 1.165) is 10.2 Å². The molecule has 0 bridgehead atoms. The molecule has 0 spiro atoms. The Labute approximate surface area is 90.9 Å². The van der Waals surface area contributed by atoms with E-state index in [0.29, 0.717) is 6.54 Å². The number of rotatable bonds is 4. The molecule has 0 aliphatic rings. The summed E-state index contributed by atoms with van der Waals surface area (Å²) in [5.74, 6) is 0. The predicted octanol–water partition coefficient (Wildman–Crippen LogP) is 2.11. The van der Waals surface area contributed by atoms with Crippen molar-refractivity contribution >= 4 is 27.3 Å². The number of nitrogens with two attached hydrogens (primary N) is 1. The lowest BCUT2D eigenvalue weighted by molar-refractivity contribution is 0.248. The van der Waals surface area contributed by atoms with E-state index in [1.54, 1.807) is 11.3 Å². The maximum absolute atomic E-state index is 8.94. The lowest BCUT2D eigenvalue weighted by Crippen LogP contribution is -2.31. The zero-order chi connectivity index (χ0) is 9.90. The Hall–Kier alpha value is 0.1000. The lowest BCUT2D eigenvalue weighted by Gasteiger charge is -2.25. The van der Waals surface area contributed by atoms with Crippen LogP contribution in [0.15, 0.2) is 15.9 Å². The fourth-order valence-corrected chi connectivity index (χ4v) is 2.78. The third-order valence-corrected chi connectivity index (χ3v) is 4.21. The number of thiophene rings is 1. The number of halogens is 1. The smallest absolute Gasteiger partial charge is 0.0701 e. The van der Waals surface area contributed by atoms with Gasteiger partial charge in [-0.25, -0.2) is 0 Å². The van der Waals surface area contributed by atoms with Gasteiger partial charge < -0.3 is 10.8 Å². The zero-order valence-corrected chi connectivity index (χ0v) is 9.99. The summed E-state index contributed by atoms with van der Waals surface area (Å²) in [5.41, 5.74) is 5.64. The van der Waals surface area contributed by atoms with Crippen LogP contribution in [0.5, 0.6) is 0 Å². The molecule has 0 fully saturated rings. The van der Waals surface area contributed by atoms with Gasteiger partial charge in [0.15, 0.2) is 0 Å². The average Bonchev–Trinajstić information content (AvgIpc) is 2.52. The topological polar surface area (TPSA) is 46.2 Å². The van der Waals surface area contributed by atoms with E-state index in [2.05, 4.69) is 28.9 Å². The maximum Gasteiger partial charge on any atom is 0.0701 e. The van der Waals surface area contributed by atoms with Crippen LogP contribution in [0.1, 0.15) is 18.2 Å². The van der Waals surface area contributed by atoms with Crippen molar-refractivity contribution in [2.24, 2.45) is 5.73 Å². The lowest BCUT2D eigenvalue weighted by atomic mass is 9.86. The Morgan fingerprint density at radius 3 is 2.69 bits per heavy atom. The van der Waals surface area contributed by atoms with Gasteiger partial charge in [-0.3, -0.25) is 0 Å².